The summed E-state index contributed by atoms with van der Waals surface area (Å²) in [5.74, 6) is 0.598. The van der Waals surface area contributed by atoms with Gasteiger partial charge in [0.15, 0.2) is 0 Å². The van der Waals surface area contributed by atoms with Gasteiger partial charge >= 0.3 is 29.6 Å². The van der Waals surface area contributed by atoms with Gasteiger partial charge < -0.3 is 10.6 Å². The van der Waals surface area contributed by atoms with E-state index in [1.54, 1.807) is 0 Å². The van der Waals surface area contributed by atoms with Crippen LogP contribution in [0.25, 0.3) is 0 Å². The Bertz CT molecular complexity index is 423. The summed E-state index contributed by atoms with van der Waals surface area (Å²) < 4.78 is 4.27. The molecular weight excluding hydrogens is 317 g/mol. The molecule has 0 fully saturated rings. The number of thiocarbonyl (C=S) groups is 1. The van der Waals surface area contributed by atoms with Crippen LogP contribution in [0.5, 0.6) is 0 Å². The first-order chi connectivity index (χ1) is 8.58. The molecule has 0 radical (unpaired) electrons. The van der Waals surface area contributed by atoms with Crippen molar-refractivity contribution in [3.63, 3.8) is 0 Å². The first-order valence-electron chi connectivity index (χ1n) is 5.19. The maximum absolute atomic E-state index is 9.75. The third-order valence-electron chi connectivity index (χ3n) is 2.27. The van der Waals surface area contributed by atoms with E-state index in [1.165, 1.54) is 0 Å². The molecule has 4 nitrogen and oxygen atoms in total. The zero-order chi connectivity index (χ0) is 13.5. The number of hydrogen-bond donors (Lipinski definition) is 1. The summed E-state index contributed by atoms with van der Waals surface area (Å²) in [4.78, 5) is 1.50. The molecule has 0 aliphatic rings. The molecule has 1 unspecified atom stereocenters. The average molecular weight is 330 g/mol. The number of anilines is 1. The quantitative estimate of drug-likeness (QED) is 0.195. The minimum Gasteiger partial charge on any atom is -0.691 e. The number of benzene rings is 1. The fourth-order valence-electron chi connectivity index (χ4n) is 1.21. The van der Waals surface area contributed by atoms with Crippen LogP contribution in [0.4, 0.5) is 5.69 Å². The molecule has 0 aliphatic heterocycles. The molecule has 8 heteroatoms. The van der Waals surface area contributed by atoms with Crippen molar-refractivity contribution in [3.05, 3.63) is 23.8 Å². The topological polar surface area (TPSA) is 53.5 Å². The Labute approximate surface area is 149 Å². The Hall–Kier alpha value is 0.630. The summed E-state index contributed by atoms with van der Waals surface area (Å²) in [6.45, 7) is 3.86. The Balaban J connectivity index is 0.00000324. The summed E-state index contributed by atoms with van der Waals surface area (Å²) >= 11 is 11.8. The predicted molar refractivity (Wildman–Crippen MR) is 75.3 cm³/mol. The largest absolute Gasteiger partial charge is 1.00 e. The van der Waals surface area contributed by atoms with E-state index in [1.807, 2.05) is 32.0 Å². The second kappa shape index (κ2) is 10.4. The molecule has 0 saturated carbocycles. The zero-order valence-corrected chi connectivity index (χ0v) is 15.3. The molecule has 1 N–H and O–H groups in total. The number of rotatable bonds is 6. The molecule has 1 rings (SSSR count). The Morgan fingerprint density at radius 1 is 1.58 bits per heavy atom. The molecule has 0 aliphatic carbocycles. The number of hydrogen-bond acceptors (Lipinski definition) is 5. The normalized spacial score (nSPS) is 11.6. The van der Waals surface area contributed by atoms with Crippen LogP contribution in [0.2, 0.25) is 0 Å². The molecule has 0 saturated heterocycles. The van der Waals surface area contributed by atoms with Crippen LogP contribution in [0.1, 0.15) is 12.5 Å². The van der Waals surface area contributed by atoms with E-state index in [0.29, 0.717) is 10.9 Å². The maximum Gasteiger partial charge on any atom is 1.00 e. The van der Waals surface area contributed by atoms with E-state index in [4.69, 9.17) is 23.8 Å². The van der Waals surface area contributed by atoms with Crippen LogP contribution in [-0.4, -0.2) is 10.9 Å². The number of halogens is 1. The third kappa shape index (κ3) is 6.75. The number of nitrogens with one attached hydrogen (secondary N) is 1. The predicted octanol–water partition coefficient (Wildman–Crippen LogP) is -0.156. The van der Waals surface area contributed by atoms with Crippen molar-refractivity contribution in [3.8, 4) is 0 Å². The first kappa shape index (κ1) is 19.6. The van der Waals surface area contributed by atoms with Gasteiger partial charge in [-0.3, -0.25) is 5.04 Å². The average Bonchev–Trinajstić information content (AvgIpc) is 2.36. The monoisotopic (exact) mass is 329 g/mol. The maximum atomic E-state index is 9.75. The van der Waals surface area contributed by atoms with Crippen molar-refractivity contribution < 1.29 is 44.2 Å². The van der Waals surface area contributed by atoms with Crippen LogP contribution >= 0.6 is 35.9 Å². The molecular formula is C11H13ClNNaO3S2. The van der Waals surface area contributed by atoms with Gasteiger partial charge in [0.1, 0.15) is 0 Å². The molecule has 1 aromatic carbocycles. The second-order valence-electron chi connectivity index (χ2n) is 3.74. The van der Waals surface area contributed by atoms with Crippen LogP contribution < -0.4 is 40.1 Å². The zero-order valence-electron chi connectivity index (χ0n) is 10.9. The standard InChI is InChI=1S/C11H14ClNO3S2.Na/c1-7-5-9(13-11(17)8(2)6-12)3-4-10(7)18-16-15-14;/h3-5,8,14H,6H2,1-2H3,(H,13,17);/q;+1/p-1. The fourth-order valence-corrected chi connectivity index (χ4v) is 2.07. The van der Waals surface area contributed by atoms with Gasteiger partial charge in [-0.25, -0.2) is 0 Å². The second-order valence-corrected chi connectivity index (χ2v) is 5.24. The fraction of sp³-hybridized carbons (Fsp3) is 0.364. The Kier molecular flexibility index (Phi) is 10.7. The molecule has 0 spiro atoms. The van der Waals surface area contributed by atoms with Gasteiger partial charge in [-0.15, -0.1) is 11.6 Å². The number of alkyl halides is 1. The molecule has 0 aromatic heterocycles. The van der Waals surface area contributed by atoms with E-state index in [-0.39, 0.29) is 35.5 Å². The molecule has 100 valence electrons. The van der Waals surface area contributed by atoms with Crippen LogP contribution in [0.3, 0.4) is 0 Å². The van der Waals surface area contributed by atoms with E-state index < -0.39 is 0 Å². The summed E-state index contributed by atoms with van der Waals surface area (Å²) in [5.41, 5.74) is 1.82. The van der Waals surface area contributed by atoms with Crippen molar-refractivity contribution in [2.75, 3.05) is 11.2 Å². The summed E-state index contributed by atoms with van der Waals surface area (Å²) in [7, 11) is 0. The van der Waals surface area contributed by atoms with Gasteiger partial charge in [-0.2, -0.15) is 4.33 Å². The van der Waals surface area contributed by atoms with Crippen LogP contribution in [0.15, 0.2) is 23.1 Å². The van der Waals surface area contributed by atoms with E-state index in [0.717, 1.165) is 28.2 Å². The number of aryl methyl sites for hydroxylation is 1. The van der Waals surface area contributed by atoms with Gasteiger partial charge in [0, 0.05) is 22.4 Å². The molecule has 0 bridgehead atoms. The third-order valence-corrected chi connectivity index (χ3v) is 4.00. The van der Waals surface area contributed by atoms with E-state index in [9.17, 15) is 5.26 Å². The van der Waals surface area contributed by atoms with E-state index in [2.05, 4.69) is 14.7 Å². The van der Waals surface area contributed by atoms with Gasteiger partial charge in [-0.05, 0) is 30.7 Å². The molecule has 0 amide bonds. The van der Waals surface area contributed by atoms with Gasteiger partial charge in [0.2, 0.25) is 0 Å². The SMILES string of the molecule is Cc1cc(NC(=S)C(C)CCl)ccc1SOO[O-].[Na+]. The van der Waals surface area contributed by atoms with Gasteiger partial charge in [0.05, 0.1) is 17.0 Å². The molecule has 19 heavy (non-hydrogen) atoms. The summed E-state index contributed by atoms with van der Waals surface area (Å²) in [6, 6.07) is 5.57. The summed E-state index contributed by atoms with van der Waals surface area (Å²) in [6.07, 6.45) is 0. The first-order valence-corrected chi connectivity index (χ1v) is 6.87. The van der Waals surface area contributed by atoms with Crippen molar-refractivity contribution in [1.82, 2.24) is 0 Å². The van der Waals surface area contributed by atoms with Crippen LogP contribution in [0, 0.1) is 12.8 Å². The van der Waals surface area contributed by atoms with Crippen molar-refractivity contribution in [2.45, 2.75) is 18.7 Å². The van der Waals surface area contributed by atoms with Crippen molar-refractivity contribution in [1.29, 1.82) is 0 Å². The van der Waals surface area contributed by atoms with Crippen molar-refractivity contribution >= 4 is 46.5 Å². The summed E-state index contributed by atoms with van der Waals surface area (Å²) in [5, 5.41) is 16.2. The molecule has 0 heterocycles. The molecule has 1 aromatic rings. The Morgan fingerprint density at radius 3 is 2.79 bits per heavy atom. The van der Waals surface area contributed by atoms with E-state index >= 15 is 0 Å². The molecule has 1 atom stereocenters. The van der Waals surface area contributed by atoms with Crippen molar-refractivity contribution in [2.24, 2.45) is 5.92 Å². The Morgan fingerprint density at radius 2 is 2.26 bits per heavy atom. The van der Waals surface area contributed by atoms with Gasteiger partial charge in [-0.1, -0.05) is 19.1 Å². The minimum atomic E-state index is 0. The smallest absolute Gasteiger partial charge is 0.691 e. The van der Waals surface area contributed by atoms with Crippen LogP contribution in [-0.2, 0) is 9.37 Å². The van der Waals surface area contributed by atoms with Gasteiger partial charge in [0.25, 0.3) is 0 Å². The minimum absolute atomic E-state index is 0.